The number of benzene rings is 2. The van der Waals surface area contributed by atoms with Crippen molar-refractivity contribution in [2.45, 2.75) is 13.5 Å². The summed E-state index contributed by atoms with van der Waals surface area (Å²) in [5.74, 6) is -0.464. The number of halogens is 2. The van der Waals surface area contributed by atoms with Crippen LogP contribution in [0, 0.1) is 12.7 Å². The first-order chi connectivity index (χ1) is 12.5. The summed E-state index contributed by atoms with van der Waals surface area (Å²) in [5, 5.41) is 6.22. The van der Waals surface area contributed by atoms with Crippen LogP contribution < -0.4 is 10.6 Å². The van der Waals surface area contributed by atoms with E-state index in [1.807, 2.05) is 13.0 Å². The normalized spacial score (nSPS) is 10.4. The van der Waals surface area contributed by atoms with Gasteiger partial charge in [0.2, 0.25) is 5.95 Å². The van der Waals surface area contributed by atoms with Crippen LogP contribution in [0.3, 0.4) is 0 Å². The van der Waals surface area contributed by atoms with Crippen molar-refractivity contribution in [3.8, 4) is 0 Å². The van der Waals surface area contributed by atoms with Gasteiger partial charge in [-0.05, 0) is 36.8 Å². The standard InChI is InChI=1S/C19H16ClFN4O/c1-12-6-7-14(10-15(12)20)24-18(26)17-8-9-22-19(25-17)23-11-13-4-2-3-5-16(13)21/h2-10H,11H2,1H3,(H,24,26)(H,22,23,25). The minimum atomic E-state index is -0.388. The van der Waals surface area contributed by atoms with Crippen molar-refractivity contribution in [1.29, 1.82) is 0 Å². The molecule has 0 spiro atoms. The van der Waals surface area contributed by atoms with E-state index in [0.29, 0.717) is 16.3 Å². The molecular formula is C19H16ClFN4O. The maximum atomic E-state index is 13.6. The zero-order valence-electron chi connectivity index (χ0n) is 14.0. The lowest BCUT2D eigenvalue weighted by Gasteiger charge is -2.09. The van der Waals surface area contributed by atoms with Gasteiger partial charge in [-0.15, -0.1) is 0 Å². The molecule has 0 saturated heterocycles. The fraction of sp³-hybridized carbons (Fsp3) is 0.105. The third-order valence-electron chi connectivity index (χ3n) is 3.71. The Morgan fingerprint density at radius 3 is 2.77 bits per heavy atom. The van der Waals surface area contributed by atoms with Crippen LogP contribution in [-0.4, -0.2) is 15.9 Å². The lowest BCUT2D eigenvalue weighted by Crippen LogP contribution is -2.15. The van der Waals surface area contributed by atoms with Crippen molar-refractivity contribution in [2.24, 2.45) is 0 Å². The van der Waals surface area contributed by atoms with Crippen LogP contribution in [0.2, 0.25) is 5.02 Å². The van der Waals surface area contributed by atoms with Gasteiger partial charge in [-0.25, -0.2) is 14.4 Å². The highest BCUT2D eigenvalue weighted by molar-refractivity contribution is 6.31. The Labute approximate surface area is 155 Å². The highest BCUT2D eigenvalue weighted by atomic mass is 35.5. The van der Waals surface area contributed by atoms with Crippen LogP contribution in [0.25, 0.3) is 0 Å². The number of nitrogens with zero attached hydrogens (tertiary/aromatic N) is 2. The second-order valence-electron chi connectivity index (χ2n) is 5.63. The largest absolute Gasteiger partial charge is 0.350 e. The predicted octanol–water partition coefficient (Wildman–Crippen LogP) is 4.44. The highest BCUT2D eigenvalue weighted by Crippen LogP contribution is 2.20. The number of rotatable bonds is 5. The van der Waals surface area contributed by atoms with E-state index in [0.717, 1.165) is 5.56 Å². The number of carbonyl (C=O) groups is 1. The van der Waals surface area contributed by atoms with E-state index >= 15 is 0 Å². The second-order valence-corrected chi connectivity index (χ2v) is 6.04. The molecule has 0 fully saturated rings. The molecule has 0 unspecified atom stereocenters. The van der Waals surface area contributed by atoms with Crippen molar-refractivity contribution in [3.05, 3.63) is 82.4 Å². The van der Waals surface area contributed by atoms with Crippen LogP contribution in [-0.2, 0) is 6.54 Å². The first-order valence-electron chi connectivity index (χ1n) is 7.91. The van der Waals surface area contributed by atoms with Gasteiger partial charge in [0.25, 0.3) is 5.91 Å². The van der Waals surface area contributed by atoms with Crippen molar-refractivity contribution in [1.82, 2.24) is 9.97 Å². The molecule has 1 heterocycles. The average Bonchev–Trinajstić information content (AvgIpc) is 2.64. The molecule has 0 bridgehead atoms. The van der Waals surface area contributed by atoms with Gasteiger partial charge in [0.15, 0.2) is 0 Å². The molecule has 0 aliphatic heterocycles. The zero-order chi connectivity index (χ0) is 18.5. The lowest BCUT2D eigenvalue weighted by atomic mass is 10.2. The number of aromatic nitrogens is 2. The third-order valence-corrected chi connectivity index (χ3v) is 4.12. The maximum absolute atomic E-state index is 13.6. The van der Waals surface area contributed by atoms with E-state index in [2.05, 4.69) is 20.6 Å². The van der Waals surface area contributed by atoms with Crippen molar-refractivity contribution >= 4 is 29.1 Å². The van der Waals surface area contributed by atoms with Crippen molar-refractivity contribution in [2.75, 3.05) is 10.6 Å². The third kappa shape index (κ3) is 4.34. The van der Waals surface area contributed by atoms with Crippen LogP contribution in [0.1, 0.15) is 21.6 Å². The van der Waals surface area contributed by atoms with Gasteiger partial charge < -0.3 is 10.6 Å². The summed E-state index contributed by atoms with van der Waals surface area (Å²) in [7, 11) is 0. The number of anilines is 2. The topological polar surface area (TPSA) is 66.9 Å². The summed E-state index contributed by atoms with van der Waals surface area (Å²) < 4.78 is 13.6. The molecule has 132 valence electrons. The zero-order valence-corrected chi connectivity index (χ0v) is 14.7. The lowest BCUT2D eigenvalue weighted by molar-refractivity contribution is 0.102. The fourth-order valence-corrected chi connectivity index (χ4v) is 2.43. The van der Waals surface area contributed by atoms with Crippen LogP contribution in [0.15, 0.2) is 54.7 Å². The summed E-state index contributed by atoms with van der Waals surface area (Å²) in [4.78, 5) is 20.6. The minimum Gasteiger partial charge on any atom is -0.350 e. The Balaban J connectivity index is 1.69. The summed E-state index contributed by atoms with van der Waals surface area (Å²) >= 11 is 6.06. The van der Waals surface area contributed by atoms with E-state index in [4.69, 9.17) is 11.6 Å². The van der Waals surface area contributed by atoms with Gasteiger partial charge in [-0.2, -0.15) is 0 Å². The first kappa shape index (κ1) is 17.8. The van der Waals surface area contributed by atoms with Gasteiger partial charge in [-0.3, -0.25) is 4.79 Å². The Kier molecular flexibility index (Phi) is 5.43. The number of hydrogen-bond donors (Lipinski definition) is 2. The monoisotopic (exact) mass is 370 g/mol. The Morgan fingerprint density at radius 2 is 2.00 bits per heavy atom. The molecule has 1 amide bonds. The highest BCUT2D eigenvalue weighted by Gasteiger charge is 2.10. The molecule has 0 aliphatic carbocycles. The molecule has 26 heavy (non-hydrogen) atoms. The van der Waals surface area contributed by atoms with Gasteiger partial charge in [0.1, 0.15) is 11.5 Å². The summed E-state index contributed by atoms with van der Waals surface area (Å²) in [6.45, 7) is 2.09. The molecular weight excluding hydrogens is 355 g/mol. The molecule has 0 atom stereocenters. The fourth-order valence-electron chi connectivity index (χ4n) is 2.25. The van der Waals surface area contributed by atoms with E-state index < -0.39 is 0 Å². The van der Waals surface area contributed by atoms with E-state index in [9.17, 15) is 9.18 Å². The Hall–Kier alpha value is -2.99. The molecule has 0 saturated carbocycles. The van der Waals surface area contributed by atoms with E-state index in [-0.39, 0.29) is 29.9 Å². The molecule has 5 nitrogen and oxygen atoms in total. The van der Waals surface area contributed by atoms with Gasteiger partial charge >= 0.3 is 0 Å². The predicted molar refractivity (Wildman–Crippen MR) is 99.9 cm³/mol. The molecule has 0 radical (unpaired) electrons. The number of nitrogens with one attached hydrogen (secondary N) is 2. The van der Waals surface area contributed by atoms with Crippen molar-refractivity contribution in [3.63, 3.8) is 0 Å². The van der Waals surface area contributed by atoms with Gasteiger partial charge in [0.05, 0.1) is 0 Å². The van der Waals surface area contributed by atoms with Crippen LogP contribution >= 0.6 is 11.6 Å². The summed E-state index contributed by atoms with van der Waals surface area (Å²) in [6.07, 6.45) is 1.47. The van der Waals surface area contributed by atoms with E-state index in [1.165, 1.54) is 18.3 Å². The smallest absolute Gasteiger partial charge is 0.274 e. The molecule has 3 rings (SSSR count). The Bertz CT molecular complexity index is 948. The quantitative estimate of drug-likeness (QED) is 0.696. The van der Waals surface area contributed by atoms with Crippen LogP contribution in [0.5, 0.6) is 0 Å². The molecule has 2 N–H and O–H groups in total. The van der Waals surface area contributed by atoms with Crippen molar-refractivity contribution < 1.29 is 9.18 Å². The van der Waals surface area contributed by atoms with Gasteiger partial charge in [0, 0.05) is 29.0 Å². The second kappa shape index (κ2) is 7.93. The minimum absolute atomic E-state index is 0.188. The van der Waals surface area contributed by atoms with Crippen LogP contribution in [0.4, 0.5) is 16.0 Å². The number of carbonyl (C=O) groups excluding carboxylic acids is 1. The summed E-state index contributed by atoms with van der Waals surface area (Å²) in [6, 6.07) is 13.2. The number of hydrogen-bond acceptors (Lipinski definition) is 4. The molecule has 2 aromatic carbocycles. The molecule has 7 heteroatoms. The van der Waals surface area contributed by atoms with E-state index in [1.54, 1.807) is 30.3 Å². The average molecular weight is 371 g/mol. The Morgan fingerprint density at radius 1 is 1.19 bits per heavy atom. The maximum Gasteiger partial charge on any atom is 0.274 e. The summed E-state index contributed by atoms with van der Waals surface area (Å²) in [5.41, 5.74) is 2.17. The molecule has 3 aromatic rings. The molecule has 0 aliphatic rings. The first-order valence-corrected chi connectivity index (χ1v) is 8.28. The number of aryl methyl sites for hydroxylation is 1. The SMILES string of the molecule is Cc1ccc(NC(=O)c2ccnc(NCc3ccccc3F)n2)cc1Cl. The number of amides is 1. The molecule has 1 aromatic heterocycles. The van der Waals surface area contributed by atoms with Gasteiger partial charge in [-0.1, -0.05) is 35.9 Å².